The van der Waals surface area contributed by atoms with E-state index in [0.29, 0.717) is 16.8 Å². The number of urea groups is 1. The minimum absolute atomic E-state index is 0.0271. The molecule has 3 amide bonds. The predicted molar refractivity (Wildman–Crippen MR) is 103 cm³/mol. The van der Waals surface area contributed by atoms with Gasteiger partial charge in [0.15, 0.2) is 0 Å². The van der Waals surface area contributed by atoms with Crippen molar-refractivity contribution in [1.29, 1.82) is 0 Å². The van der Waals surface area contributed by atoms with Crippen molar-refractivity contribution in [2.45, 2.75) is 26.9 Å². The summed E-state index contributed by atoms with van der Waals surface area (Å²) < 4.78 is 10.4. The zero-order valence-corrected chi connectivity index (χ0v) is 16.6. The van der Waals surface area contributed by atoms with Crippen molar-refractivity contribution in [2.75, 3.05) is 13.7 Å². The Morgan fingerprint density at radius 2 is 1.72 bits per heavy atom. The molecule has 29 heavy (non-hydrogen) atoms. The van der Waals surface area contributed by atoms with Gasteiger partial charge in [0.1, 0.15) is 5.69 Å². The van der Waals surface area contributed by atoms with E-state index in [9.17, 15) is 19.2 Å². The zero-order valence-electron chi connectivity index (χ0n) is 16.6. The zero-order chi connectivity index (χ0) is 21.6. The fraction of sp³-hybridized carbons (Fsp3) is 0.300. The normalized spacial score (nSPS) is 11.3. The number of H-pyrrole nitrogens is 1. The maximum atomic E-state index is 12.8. The molecule has 0 saturated carbocycles. The molecular weight excluding hydrogens is 378 g/mol. The molecule has 0 fully saturated rings. The third-order valence-corrected chi connectivity index (χ3v) is 4.15. The molecule has 0 aliphatic carbocycles. The van der Waals surface area contributed by atoms with Crippen LogP contribution in [0.25, 0.3) is 0 Å². The highest BCUT2D eigenvalue weighted by atomic mass is 16.5. The summed E-state index contributed by atoms with van der Waals surface area (Å²) in [6, 6.07) is 7.54. The van der Waals surface area contributed by atoms with E-state index in [4.69, 9.17) is 9.47 Å². The topological polar surface area (TPSA) is 127 Å². The molecule has 0 spiro atoms. The number of hydrogen-bond acceptors (Lipinski definition) is 6. The van der Waals surface area contributed by atoms with Crippen LogP contribution < -0.4 is 10.6 Å². The molecule has 9 heteroatoms. The number of imide groups is 1. The summed E-state index contributed by atoms with van der Waals surface area (Å²) in [5.41, 5.74) is 1.45. The summed E-state index contributed by atoms with van der Waals surface area (Å²) in [5.74, 6) is -2.22. The largest absolute Gasteiger partial charge is 0.462 e. The van der Waals surface area contributed by atoms with Gasteiger partial charge in [0.25, 0.3) is 5.91 Å². The Bertz CT molecular complexity index is 920. The number of amides is 3. The second kappa shape index (κ2) is 9.54. The molecule has 1 unspecified atom stereocenters. The van der Waals surface area contributed by atoms with Crippen LogP contribution in [0.4, 0.5) is 4.79 Å². The van der Waals surface area contributed by atoms with Crippen LogP contribution >= 0.6 is 0 Å². The van der Waals surface area contributed by atoms with Gasteiger partial charge >= 0.3 is 18.0 Å². The minimum Gasteiger partial charge on any atom is -0.462 e. The van der Waals surface area contributed by atoms with E-state index in [1.165, 1.54) is 7.05 Å². The van der Waals surface area contributed by atoms with Gasteiger partial charge in [0.2, 0.25) is 6.10 Å². The van der Waals surface area contributed by atoms with Gasteiger partial charge in [0.05, 0.1) is 12.2 Å². The van der Waals surface area contributed by atoms with Crippen molar-refractivity contribution < 1.29 is 28.7 Å². The first-order valence-corrected chi connectivity index (χ1v) is 8.94. The Hall–Kier alpha value is -3.62. The van der Waals surface area contributed by atoms with Gasteiger partial charge in [0, 0.05) is 18.3 Å². The van der Waals surface area contributed by atoms with Crippen LogP contribution in [0.1, 0.15) is 50.7 Å². The van der Waals surface area contributed by atoms with Crippen molar-refractivity contribution in [2.24, 2.45) is 0 Å². The smallest absolute Gasteiger partial charge is 0.356 e. The standard InChI is InChI=1S/C20H23N3O6/c1-5-28-18(25)14-11(2)15(22-12(14)3)19(26)29-16(13-9-7-6-8-10-13)17(24)23-20(27)21-4/h6-10,16,22H,5H2,1-4H3,(H2,21,23,24,27). The Balaban J connectivity index is 2.33. The van der Waals surface area contributed by atoms with E-state index in [1.54, 1.807) is 51.1 Å². The number of ether oxygens (including phenoxy) is 2. The second-order valence-electron chi connectivity index (χ2n) is 6.11. The molecule has 1 aromatic heterocycles. The number of benzene rings is 1. The molecule has 0 bridgehead atoms. The molecule has 0 radical (unpaired) electrons. The van der Waals surface area contributed by atoms with E-state index < -0.39 is 30.0 Å². The number of aromatic amines is 1. The van der Waals surface area contributed by atoms with E-state index in [2.05, 4.69) is 15.6 Å². The minimum atomic E-state index is -1.37. The highest BCUT2D eigenvalue weighted by molar-refractivity contribution is 6.01. The monoisotopic (exact) mass is 401 g/mol. The van der Waals surface area contributed by atoms with E-state index in [0.717, 1.165) is 0 Å². The second-order valence-corrected chi connectivity index (χ2v) is 6.11. The molecule has 3 N–H and O–H groups in total. The molecule has 9 nitrogen and oxygen atoms in total. The number of aromatic nitrogens is 1. The van der Waals surface area contributed by atoms with E-state index in [-0.39, 0.29) is 17.9 Å². The number of aryl methyl sites for hydroxylation is 1. The molecule has 0 aliphatic heterocycles. The molecule has 154 valence electrons. The molecule has 2 rings (SSSR count). The Kier molecular flexibility index (Phi) is 7.13. The van der Waals surface area contributed by atoms with Crippen LogP contribution in [0.5, 0.6) is 0 Å². The van der Waals surface area contributed by atoms with Gasteiger partial charge in [-0.25, -0.2) is 14.4 Å². The third-order valence-electron chi connectivity index (χ3n) is 4.15. The molecular formula is C20H23N3O6. The summed E-state index contributed by atoms with van der Waals surface area (Å²) >= 11 is 0. The third kappa shape index (κ3) is 5.01. The number of carbonyl (C=O) groups excluding carboxylic acids is 4. The van der Waals surface area contributed by atoms with E-state index >= 15 is 0 Å². The van der Waals surface area contributed by atoms with Gasteiger partial charge < -0.3 is 19.8 Å². The highest BCUT2D eigenvalue weighted by Gasteiger charge is 2.30. The molecule has 1 atom stereocenters. The number of carbonyl (C=O) groups is 4. The first kappa shape index (κ1) is 21.7. The summed E-state index contributed by atoms with van der Waals surface area (Å²) in [5, 5.41) is 4.36. The summed E-state index contributed by atoms with van der Waals surface area (Å²) in [6.45, 7) is 5.08. The quantitative estimate of drug-likeness (QED) is 0.637. The Morgan fingerprint density at radius 1 is 1.07 bits per heavy atom. The van der Waals surface area contributed by atoms with Crippen molar-refractivity contribution >= 4 is 23.9 Å². The Morgan fingerprint density at radius 3 is 2.31 bits per heavy atom. The molecule has 1 aromatic carbocycles. The lowest BCUT2D eigenvalue weighted by atomic mass is 10.1. The van der Waals surface area contributed by atoms with Crippen LogP contribution in [0.2, 0.25) is 0 Å². The van der Waals surface area contributed by atoms with Gasteiger partial charge in [-0.2, -0.15) is 0 Å². The lowest BCUT2D eigenvalue weighted by Gasteiger charge is -2.17. The van der Waals surface area contributed by atoms with Gasteiger partial charge in [-0.05, 0) is 26.3 Å². The first-order chi connectivity index (χ1) is 13.8. The fourth-order valence-electron chi connectivity index (χ4n) is 2.77. The van der Waals surface area contributed by atoms with Crippen LogP contribution in [-0.2, 0) is 14.3 Å². The van der Waals surface area contributed by atoms with Crippen LogP contribution in [0, 0.1) is 13.8 Å². The van der Waals surface area contributed by atoms with Crippen molar-refractivity contribution in [1.82, 2.24) is 15.6 Å². The van der Waals surface area contributed by atoms with Gasteiger partial charge in [-0.1, -0.05) is 30.3 Å². The fourth-order valence-corrected chi connectivity index (χ4v) is 2.77. The average Bonchev–Trinajstić information content (AvgIpc) is 3.00. The summed E-state index contributed by atoms with van der Waals surface area (Å²) in [4.78, 5) is 51.7. The number of rotatable bonds is 6. The summed E-state index contributed by atoms with van der Waals surface area (Å²) in [7, 11) is 1.36. The first-order valence-electron chi connectivity index (χ1n) is 8.94. The average molecular weight is 401 g/mol. The van der Waals surface area contributed by atoms with Crippen LogP contribution in [0.3, 0.4) is 0 Å². The highest BCUT2D eigenvalue weighted by Crippen LogP contribution is 2.24. The lowest BCUT2D eigenvalue weighted by molar-refractivity contribution is -0.129. The summed E-state index contributed by atoms with van der Waals surface area (Å²) in [6.07, 6.45) is -1.37. The SMILES string of the molecule is CCOC(=O)c1c(C)[nH]c(C(=O)OC(C(=O)NC(=O)NC)c2ccccc2)c1C. The maximum absolute atomic E-state index is 12.8. The van der Waals surface area contributed by atoms with Crippen molar-refractivity contribution in [3.05, 3.63) is 58.4 Å². The van der Waals surface area contributed by atoms with Crippen molar-refractivity contribution in [3.63, 3.8) is 0 Å². The van der Waals surface area contributed by atoms with E-state index in [1.807, 2.05) is 0 Å². The molecule has 0 aliphatic rings. The van der Waals surface area contributed by atoms with Crippen LogP contribution in [0.15, 0.2) is 30.3 Å². The van der Waals surface area contributed by atoms with Gasteiger partial charge in [-0.3, -0.25) is 10.1 Å². The van der Waals surface area contributed by atoms with Crippen LogP contribution in [-0.4, -0.2) is 42.5 Å². The predicted octanol–water partition coefficient (Wildman–Crippen LogP) is 2.16. The number of hydrogen-bond donors (Lipinski definition) is 3. The molecule has 1 heterocycles. The van der Waals surface area contributed by atoms with Crippen molar-refractivity contribution in [3.8, 4) is 0 Å². The molecule has 2 aromatic rings. The maximum Gasteiger partial charge on any atom is 0.356 e. The van der Waals surface area contributed by atoms with Gasteiger partial charge in [-0.15, -0.1) is 0 Å². The Labute approximate surface area is 167 Å². The molecule has 0 saturated heterocycles. The lowest BCUT2D eigenvalue weighted by Crippen LogP contribution is -2.41. The number of esters is 2. The number of nitrogens with one attached hydrogen (secondary N) is 3.